The molecule has 3 rings (SSSR count). The Morgan fingerprint density at radius 3 is 2.65 bits per heavy atom. The minimum absolute atomic E-state index is 0.0434. The highest BCUT2D eigenvalue weighted by Gasteiger charge is 2.06. The predicted octanol–water partition coefficient (Wildman–Crippen LogP) is 1.02. The maximum absolute atomic E-state index is 12.0. The number of benzene rings is 1. The van der Waals surface area contributed by atoms with Crippen LogP contribution in [0.4, 0.5) is 0 Å². The molecule has 0 aliphatic rings. The number of imidazole rings is 1. The van der Waals surface area contributed by atoms with Crippen molar-refractivity contribution in [3.05, 3.63) is 82.5 Å². The molecule has 0 amide bonds. The number of rotatable bonds is 7. The van der Waals surface area contributed by atoms with Crippen LogP contribution in [0.1, 0.15) is 5.56 Å². The summed E-state index contributed by atoms with van der Waals surface area (Å²) >= 11 is 0. The van der Waals surface area contributed by atoms with Crippen LogP contribution in [0.5, 0.6) is 0 Å². The lowest BCUT2D eigenvalue weighted by atomic mass is 10.2. The third-order valence-corrected chi connectivity index (χ3v) is 4.59. The summed E-state index contributed by atoms with van der Waals surface area (Å²) in [5, 5.41) is 5.30. The molecular weight excluding hydrogens is 354 g/mol. The summed E-state index contributed by atoms with van der Waals surface area (Å²) in [5.74, 6) is 0.522. The first-order valence-corrected chi connectivity index (χ1v) is 9.37. The van der Waals surface area contributed by atoms with Crippen LogP contribution in [0, 0.1) is 0 Å². The average Bonchev–Trinajstić information content (AvgIpc) is 3.17. The zero-order valence-electron chi connectivity index (χ0n) is 13.8. The van der Waals surface area contributed by atoms with E-state index in [9.17, 15) is 13.2 Å². The number of nitrogens with one attached hydrogen (secondary N) is 1. The van der Waals surface area contributed by atoms with Gasteiger partial charge >= 0.3 is 0 Å². The highest BCUT2D eigenvalue weighted by molar-refractivity contribution is 7.92. The van der Waals surface area contributed by atoms with Crippen LogP contribution in [-0.4, -0.2) is 34.3 Å². The van der Waals surface area contributed by atoms with Crippen molar-refractivity contribution in [1.82, 2.24) is 24.1 Å². The largest absolute Gasteiger partial charge is 0.289 e. The minimum atomic E-state index is -3.61. The molecule has 0 spiro atoms. The van der Waals surface area contributed by atoms with Gasteiger partial charge in [0.05, 0.1) is 6.54 Å². The molecule has 2 aromatic heterocycles. The predicted molar refractivity (Wildman–Crippen MR) is 98.0 cm³/mol. The molecule has 0 fully saturated rings. The molecule has 9 heteroatoms. The number of nitrogens with zero attached hydrogens (tertiary/aromatic N) is 4. The van der Waals surface area contributed by atoms with Gasteiger partial charge in [0.15, 0.2) is 5.82 Å². The fourth-order valence-electron chi connectivity index (χ4n) is 2.20. The molecule has 3 aromatic rings. The van der Waals surface area contributed by atoms with Crippen molar-refractivity contribution in [3.63, 3.8) is 0 Å². The second kappa shape index (κ2) is 7.89. The van der Waals surface area contributed by atoms with Gasteiger partial charge in [-0.3, -0.25) is 9.36 Å². The van der Waals surface area contributed by atoms with Gasteiger partial charge in [0.2, 0.25) is 10.0 Å². The van der Waals surface area contributed by atoms with Crippen LogP contribution >= 0.6 is 0 Å². The second-order valence-corrected chi connectivity index (χ2v) is 7.03. The molecule has 0 saturated carbocycles. The molecule has 8 nitrogen and oxygen atoms in total. The molecule has 0 saturated heterocycles. The maximum atomic E-state index is 12.0. The van der Waals surface area contributed by atoms with Gasteiger partial charge in [-0.25, -0.2) is 22.8 Å². The highest BCUT2D eigenvalue weighted by atomic mass is 32.2. The molecule has 1 N–H and O–H groups in total. The molecule has 0 atom stereocenters. The number of aromatic nitrogens is 4. The normalized spacial score (nSPS) is 11.8. The minimum Gasteiger partial charge on any atom is -0.289 e. The summed E-state index contributed by atoms with van der Waals surface area (Å²) in [6, 6.07) is 12.1. The van der Waals surface area contributed by atoms with E-state index >= 15 is 0 Å². The van der Waals surface area contributed by atoms with Gasteiger partial charge in [0, 0.05) is 30.4 Å². The van der Waals surface area contributed by atoms with E-state index in [1.54, 1.807) is 41.5 Å². The summed E-state index contributed by atoms with van der Waals surface area (Å²) in [5.41, 5.74) is 0.469. The van der Waals surface area contributed by atoms with Gasteiger partial charge in [0.25, 0.3) is 5.56 Å². The Bertz CT molecular complexity index is 1040. The summed E-state index contributed by atoms with van der Waals surface area (Å²) in [7, 11) is -3.61. The van der Waals surface area contributed by atoms with Crippen LogP contribution in [0.15, 0.2) is 71.4 Å². The number of sulfonamides is 1. The Morgan fingerprint density at radius 1 is 1.12 bits per heavy atom. The summed E-state index contributed by atoms with van der Waals surface area (Å²) in [6.07, 6.45) is 6.37. The Balaban J connectivity index is 1.63. The van der Waals surface area contributed by atoms with Gasteiger partial charge < -0.3 is 0 Å². The maximum Gasteiger partial charge on any atom is 0.266 e. The lowest BCUT2D eigenvalue weighted by Crippen LogP contribution is -2.31. The first-order chi connectivity index (χ1) is 12.5. The van der Waals surface area contributed by atoms with Gasteiger partial charge in [-0.15, -0.1) is 0 Å². The summed E-state index contributed by atoms with van der Waals surface area (Å²) < 4.78 is 29.3. The zero-order chi connectivity index (χ0) is 18.4. The van der Waals surface area contributed by atoms with Crippen LogP contribution in [0.2, 0.25) is 0 Å². The Kier molecular flexibility index (Phi) is 5.40. The Labute approximate surface area is 150 Å². The SMILES string of the molecule is O=c1ccc(-n2ccnc2)nn1CCNS(=O)(=O)/C=C/c1ccccc1. The van der Waals surface area contributed by atoms with E-state index in [0.29, 0.717) is 5.82 Å². The number of hydrogen-bond acceptors (Lipinski definition) is 5. The fraction of sp³-hybridized carbons (Fsp3) is 0.118. The molecule has 134 valence electrons. The van der Waals surface area contributed by atoms with Crippen molar-refractivity contribution < 1.29 is 8.42 Å². The quantitative estimate of drug-likeness (QED) is 0.668. The van der Waals surface area contributed by atoms with Crippen molar-refractivity contribution >= 4 is 16.1 Å². The molecule has 0 bridgehead atoms. The number of hydrogen-bond donors (Lipinski definition) is 1. The molecule has 0 aliphatic heterocycles. The molecule has 0 radical (unpaired) electrons. The van der Waals surface area contributed by atoms with Gasteiger partial charge in [-0.1, -0.05) is 30.3 Å². The van der Waals surface area contributed by atoms with E-state index in [2.05, 4.69) is 14.8 Å². The first kappa shape index (κ1) is 17.8. The standard InChI is InChI=1S/C17H17N5O3S/c23-17-7-6-16(21-11-9-18-14-21)20-22(17)12-10-19-26(24,25)13-8-15-4-2-1-3-5-15/h1-9,11,13-14,19H,10,12H2/b13-8+. The van der Waals surface area contributed by atoms with Crippen LogP contribution in [0.25, 0.3) is 11.9 Å². The van der Waals surface area contributed by atoms with Crippen molar-refractivity contribution in [2.45, 2.75) is 6.54 Å². The molecule has 2 heterocycles. The third kappa shape index (κ3) is 4.74. The summed E-state index contributed by atoms with van der Waals surface area (Å²) in [4.78, 5) is 15.8. The van der Waals surface area contributed by atoms with E-state index in [4.69, 9.17) is 0 Å². The van der Waals surface area contributed by atoms with Gasteiger partial charge in [-0.2, -0.15) is 5.10 Å². The topological polar surface area (TPSA) is 98.9 Å². The molecule has 0 aliphatic carbocycles. The monoisotopic (exact) mass is 371 g/mol. The Morgan fingerprint density at radius 2 is 1.92 bits per heavy atom. The smallest absolute Gasteiger partial charge is 0.266 e. The zero-order valence-corrected chi connectivity index (χ0v) is 14.6. The van der Waals surface area contributed by atoms with Crippen molar-refractivity contribution in [2.24, 2.45) is 0 Å². The highest BCUT2D eigenvalue weighted by Crippen LogP contribution is 2.03. The Hall–Kier alpha value is -3.04. The molecule has 26 heavy (non-hydrogen) atoms. The van der Waals surface area contributed by atoms with Crippen LogP contribution in [-0.2, 0) is 16.6 Å². The summed E-state index contributed by atoms with van der Waals surface area (Å²) in [6.45, 7) is 0.154. The van der Waals surface area contributed by atoms with E-state index in [1.165, 1.54) is 16.8 Å². The molecule has 0 unspecified atom stereocenters. The molecular formula is C17H17N5O3S. The average molecular weight is 371 g/mol. The fourth-order valence-corrected chi connectivity index (χ4v) is 3.01. The third-order valence-electron chi connectivity index (χ3n) is 3.49. The van der Waals surface area contributed by atoms with Crippen molar-refractivity contribution in [1.29, 1.82) is 0 Å². The van der Waals surface area contributed by atoms with Gasteiger partial charge in [0.1, 0.15) is 6.33 Å². The lowest BCUT2D eigenvalue weighted by molar-refractivity contribution is 0.548. The second-order valence-electron chi connectivity index (χ2n) is 5.38. The van der Waals surface area contributed by atoms with Crippen LogP contribution < -0.4 is 10.3 Å². The van der Waals surface area contributed by atoms with E-state index < -0.39 is 10.0 Å². The molecule has 1 aromatic carbocycles. The van der Waals surface area contributed by atoms with Crippen molar-refractivity contribution in [2.75, 3.05) is 6.54 Å². The van der Waals surface area contributed by atoms with E-state index in [-0.39, 0.29) is 18.6 Å². The van der Waals surface area contributed by atoms with Crippen molar-refractivity contribution in [3.8, 4) is 5.82 Å². The van der Waals surface area contributed by atoms with Crippen LogP contribution in [0.3, 0.4) is 0 Å². The van der Waals surface area contributed by atoms with Gasteiger partial charge in [-0.05, 0) is 17.7 Å². The van der Waals surface area contributed by atoms with E-state index in [0.717, 1.165) is 11.0 Å². The first-order valence-electron chi connectivity index (χ1n) is 7.83. The lowest BCUT2D eigenvalue weighted by Gasteiger charge is -2.07. The van der Waals surface area contributed by atoms with E-state index in [1.807, 2.05) is 18.2 Å².